The van der Waals surface area contributed by atoms with Crippen molar-refractivity contribution in [1.82, 2.24) is 9.38 Å². The molecule has 2 aromatic heterocycles. The topological polar surface area (TPSA) is 69.9 Å². The van der Waals surface area contributed by atoms with Crippen LogP contribution in [-0.4, -0.2) is 22.5 Å². The summed E-state index contributed by atoms with van der Waals surface area (Å²) >= 11 is 0. The molecular weight excluding hydrogens is 356 g/mol. The van der Waals surface area contributed by atoms with Gasteiger partial charge in [-0.1, -0.05) is 30.3 Å². The molecule has 0 bridgehead atoms. The van der Waals surface area contributed by atoms with Crippen LogP contribution in [0.3, 0.4) is 0 Å². The molecule has 140 valence electrons. The average molecular weight is 374 g/mol. The highest BCUT2D eigenvalue weighted by atomic mass is 16.5. The summed E-state index contributed by atoms with van der Waals surface area (Å²) in [6.07, 6.45) is 0. The zero-order valence-corrected chi connectivity index (χ0v) is 15.5. The van der Waals surface area contributed by atoms with Crippen LogP contribution in [0.5, 0.6) is 5.75 Å². The van der Waals surface area contributed by atoms with Gasteiger partial charge in [-0.15, -0.1) is 0 Å². The van der Waals surface area contributed by atoms with E-state index in [4.69, 9.17) is 9.47 Å². The van der Waals surface area contributed by atoms with Crippen LogP contribution in [0.2, 0.25) is 0 Å². The van der Waals surface area contributed by atoms with Gasteiger partial charge in [0.2, 0.25) is 0 Å². The minimum atomic E-state index is -0.481. The number of rotatable bonds is 4. The number of benzene rings is 2. The quantitative estimate of drug-likeness (QED) is 0.511. The lowest BCUT2D eigenvalue weighted by atomic mass is 10.0. The highest BCUT2D eigenvalue weighted by Gasteiger charge is 2.15. The van der Waals surface area contributed by atoms with E-state index in [1.165, 1.54) is 10.5 Å². The molecule has 0 aliphatic carbocycles. The van der Waals surface area contributed by atoms with Gasteiger partial charge in [0.05, 0.1) is 18.4 Å². The SMILES string of the molecule is COc1ccc(C(=O)OCc2cc(=O)n3c(C)cccc3n2)c2ccccc12. The second-order valence-electron chi connectivity index (χ2n) is 6.38. The summed E-state index contributed by atoms with van der Waals surface area (Å²) in [7, 11) is 1.59. The number of carbonyl (C=O) groups excluding carboxylic acids is 1. The molecule has 0 aliphatic rings. The maximum atomic E-state index is 12.7. The van der Waals surface area contributed by atoms with Crippen molar-refractivity contribution in [2.75, 3.05) is 7.11 Å². The van der Waals surface area contributed by atoms with Crippen molar-refractivity contribution in [2.45, 2.75) is 13.5 Å². The van der Waals surface area contributed by atoms with Crippen molar-refractivity contribution >= 4 is 22.4 Å². The molecule has 6 nitrogen and oxygen atoms in total. The van der Waals surface area contributed by atoms with E-state index in [-0.39, 0.29) is 12.2 Å². The number of nitrogens with zero attached hydrogens (tertiary/aromatic N) is 2. The van der Waals surface area contributed by atoms with Crippen molar-refractivity contribution < 1.29 is 14.3 Å². The molecule has 0 unspecified atom stereocenters. The molecule has 0 saturated carbocycles. The maximum Gasteiger partial charge on any atom is 0.339 e. The lowest BCUT2D eigenvalue weighted by Gasteiger charge is -2.11. The molecule has 0 spiro atoms. The average Bonchev–Trinajstić information content (AvgIpc) is 2.71. The molecule has 4 aromatic rings. The molecule has 4 rings (SSSR count). The number of hydrogen-bond donors (Lipinski definition) is 0. The third-order valence-electron chi connectivity index (χ3n) is 4.61. The van der Waals surface area contributed by atoms with E-state index in [2.05, 4.69) is 4.98 Å². The summed E-state index contributed by atoms with van der Waals surface area (Å²) in [6.45, 7) is 1.75. The van der Waals surface area contributed by atoms with Crippen LogP contribution in [0.4, 0.5) is 0 Å². The summed E-state index contributed by atoms with van der Waals surface area (Å²) in [5, 5.41) is 1.58. The van der Waals surface area contributed by atoms with E-state index in [9.17, 15) is 9.59 Å². The van der Waals surface area contributed by atoms with E-state index in [1.807, 2.05) is 43.3 Å². The van der Waals surface area contributed by atoms with Crippen LogP contribution in [0.15, 0.2) is 65.5 Å². The number of aryl methyl sites for hydroxylation is 1. The Labute approximate surface area is 161 Å². The molecule has 0 atom stereocenters. The van der Waals surface area contributed by atoms with Gasteiger partial charge in [0.15, 0.2) is 0 Å². The van der Waals surface area contributed by atoms with E-state index < -0.39 is 5.97 Å². The summed E-state index contributed by atoms with van der Waals surface area (Å²) in [5.41, 5.74) is 1.95. The first-order valence-electron chi connectivity index (χ1n) is 8.79. The Balaban J connectivity index is 1.63. The van der Waals surface area contributed by atoms with E-state index in [0.29, 0.717) is 22.7 Å². The maximum absolute atomic E-state index is 12.7. The first kappa shape index (κ1) is 17.7. The van der Waals surface area contributed by atoms with Gasteiger partial charge in [0.25, 0.3) is 5.56 Å². The van der Waals surface area contributed by atoms with Gasteiger partial charge in [-0.2, -0.15) is 0 Å². The number of pyridine rings is 1. The number of fused-ring (bicyclic) bond motifs is 2. The van der Waals surface area contributed by atoms with Crippen LogP contribution in [-0.2, 0) is 11.3 Å². The fourth-order valence-electron chi connectivity index (χ4n) is 3.28. The number of esters is 1. The Morgan fingerprint density at radius 3 is 2.61 bits per heavy atom. The van der Waals surface area contributed by atoms with Crippen LogP contribution in [0, 0.1) is 6.92 Å². The van der Waals surface area contributed by atoms with E-state index in [0.717, 1.165) is 16.5 Å². The summed E-state index contributed by atoms with van der Waals surface area (Å²) in [6, 6.07) is 17.7. The first-order chi connectivity index (χ1) is 13.6. The largest absolute Gasteiger partial charge is 0.496 e. The van der Waals surface area contributed by atoms with Gasteiger partial charge in [-0.3, -0.25) is 9.20 Å². The van der Waals surface area contributed by atoms with Crippen molar-refractivity contribution in [2.24, 2.45) is 0 Å². The molecule has 6 heteroatoms. The normalized spacial score (nSPS) is 10.9. The van der Waals surface area contributed by atoms with Gasteiger partial charge in [0, 0.05) is 17.1 Å². The van der Waals surface area contributed by atoms with Crippen LogP contribution in [0.1, 0.15) is 21.7 Å². The van der Waals surface area contributed by atoms with Crippen LogP contribution < -0.4 is 10.3 Å². The number of methoxy groups -OCH3 is 1. The Kier molecular flexibility index (Phi) is 4.53. The number of ether oxygens (including phenoxy) is 2. The number of hydrogen-bond acceptors (Lipinski definition) is 5. The molecule has 28 heavy (non-hydrogen) atoms. The molecule has 0 N–H and O–H groups in total. The predicted molar refractivity (Wildman–Crippen MR) is 106 cm³/mol. The zero-order chi connectivity index (χ0) is 19.7. The van der Waals surface area contributed by atoms with Gasteiger partial charge in [0.1, 0.15) is 18.0 Å². The van der Waals surface area contributed by atoms with Crippen molar-refractivity contribution in [1.29, 1.82) is 0 Å². The predicted octanol–water partition coefficient (Wildman–Crippen LogP) is 3.52. The van der Waals surface area contributed by atoms with Gasteiger partial charge in [-0.25, -0.2) is 9.78 Å². The summed E-state index contributed by atoms with van der Waals surface area (Å²) in [5.74, 6) is 0.205. The molecule has 0 aliphatic heterocycles. The molecule has 0 amide bonds. The fraction of sp³-hybridized carbons (Fsp3) is 0.136. The molecule has 0 fully saturated rings. The minimum absolute atomic E-state index is 0.0845. The van der Waals surface area contributed by atoms with Gasteiger partial charge < -0.3 is 9.47 Å². The number of carbonyl (C=O) groups is 1. The highest BCUT2D eigenvalue weighted by molar-refractivity contribution is 6.06. The first-order valence-corrected chi connectivity index (χ1v) is 8.79. The Morgan fingerprint density at radius 1 is 1.04 bits per heavy atom. The molecule has 0 radical (unpaired) electrons. The van der Waals surface area contributed by atoms with Crippen molar-refractivity contribution in [3.8, 4) is 5.75 Å². The standard InChI is InChI=1S/C22H18N2O4/c1-14-6-5-9-20-23-15(12-21(25)24(14)20)13-28-22(26)18-10-11-19(27-2)17-8-4-3-7-16(17)18/h3-12H,13H2,1-2H3. The second-order valence-corrected chi connectivity index (χ2v) is 6.38. The lowest BCUT2D eigenvalue weighted by molar-refractivity contribution is 0.0470. The Morgan fingerprint density at radius 2 is 1.82 bits per heavy atom. The molecule has 0 saturated heterocycles. The lowest BCUT2D eigenvalue weighted by Crippen LogP contribution is -2.18. The molecule has 2 aromatic carbocycles. The fourth-order valence-corrected chi connectivity index (χ4v) is 3.28. The Bertz CT molecular complexity index is 1260. The third kappa shape index (κ3) is 3.09. The van der Waals surface area contributed by atoms with Crippen molar-refractivity contribution in [3.05, 3.63) is 88.0 Å². The van der Waals surface area contributed by atoms with Crippen LogP contribution >= 0.6 is 0 Å². The van der Waals surface area contributed by atoms with Gasteiger partial charge in [-0.05, 0) is 36.6 Å². The van der Waals surface area contributed by atoms with E-state index in [1.54, 1.807) is 25.3 Å². The van der Waals surface area contributed by atoms with Crippen molar-refractivity contribution in [3.63, 3.8) is 0 Å². The molecule has 2 heterocycles. The summed E-state index contributed by atoms with van der Waals surface area (Å²) < 4.78 is 12.3. The third-order valence-corrected chi connectivity index (χ3v) is 4.61. The van der Waals surface area contributed by atoms with E-state index >= 15 is 0 Å². The highest BCUT2D eigenvalue weighted by Crippen LogP contribution is 2.28. The zero-order valence-electron chi connectivity index (χ0n) is 15.5. The second kappa shape index (κ2) is 7.15. The monoisotopic (exact) mass is 374 g/mol. The molecular formula is C22H18N2O4. The summed E-state index contributed by atoms with van der Waals surface area (Å²) in [4.78, 5) is 29.4. The smallest absolute Gasteiger partial charge is 0.339 e. The van der Waals surface area contributed by atoms with Crippen LogP contribution in [0.25, 0.3) is 16.4 Å². The van der Waals surface area contributed by atoms with Gasteiger partial charge >= 0.3 is 5.97 Å². The number of aromatic nitrogens is 2. The minimum Gasteiger partial charge on any atom is -0.496 e. The Hall–Kier alpha value is -3.67.